The van der Waals surface area contributed by atoms with Gasteiger partial charge in [-0.2, -0.15) is 0 Å². The molecule has 2 nitrogen and oxygen atoms in total. The summed E-state index contributed by atoms with van der Waals surface area (Å²) in [7, 11) is 0. The minimum absolute atomic E-state index is 0.581. The van der Waals surface area contributed by atoms with Crippen molar-refractivity contribution in [1.29, 1.82) is 0 Å². The molecule has 0 radical (unpaired) electrons. The average molecular weight is 253 g/mol. The third-order valence-electron chi connectivity index (χ3n) is 2.51. The quantitative estimate of drug-likeness (QED) is 0.768. The van der Waals surface area contributed by atoms with Crippen LogP contribution in [0.3, 0.4) is 0 Å². The van der Waals surface area contributed by atoms with Crippen molar-refractivity contribution in [1.82, 2.24) is 9.97 Å². The number of aromatic nitrogens is 2. The maximum absolute atomic E-state index is 6.13. The first kappa shape index (κ1) is 11.6. The fraction of sp³-hybridized carbons (Fsp3) is 0.333. The Kier molecular flexibility index (Phi) is 3.56. The zero-order valence-electron chi connectivity index (χ0n) is 9.33. The molecule has 2 heterocycles. The molecule has 0 unspecified atom stereocenters. The molecule has 2 aromatic rings. The molecule has 0 N–H and O–H groups in total. The lowest BCUT2D eigenvalue weighted by molar-refractivity contribution is 0.904. The fourth-order valence-corrected chi connectivity index (χ4v) is 2.65. The van der Waals surface area contributed by atoms with Crippen LogP contribution in [-0.4, -0.2) is 9.97 Å². The van der Waals surface area contributed by atoms with E-state index in [9.17, 15) is 0 Å². The number of aryl methyl sites for hydroxylation is 1. The van der Waals surface area contributed by atoms with Crippen LogP contribution in [-0.2, 0) is 6.42 Å². The van der Waals surface area contributed by atoms with E-state index >= 15 is 0 Å². The molecular weight excluding hydrogens is 240 g/mol. The molecule has 0 aromatic carbocycles. The normalized spacial score (nSPS) is 10.7. The van der Waals surface area contributed by atoms with Crippen LogP contribution in [0.4, 0.5) is 0 Å². The van der Waals surface area contributed by atoms with E-state index in [1.807, 2.05) is 0 Å². The summed E-state index contributed by atoms with van der Waals surface area (Å²) in [5.41, 5.74) is 3.23. The monoisotopic (exact) mass is 252 g/mol. The molecule has 2 aromatic heterocycles. The van der Waals surface area contributed by atoms with E-state index in [0.29, 0.717) is 5.15 Å². The van der Waals surface area contributed by atoms with Crippen molar-refractivity contribution in [3.63, 3.8) is 0 Å². The summed E-state index contributed by atoms with van der Waals surface area (Å²) in [6.45, 7) is 4.24. The van der Waals surface area contributed by atoms with Crippen LogP contribution >= 0.6 is 22.9 Å². The maximum atomic E-state index is 6.13. The van der Waals surface area contributed by atoms with Crippen LogP contribution in [0, 0.1) is 6.92 Å². The average Bonchev–Trinajstić information content (AvgIpc) is 2.68. The predicted molar refractivity (Wildman–Crippen MR) is 69.1 cm³/mol. The predicted octanol–water partition coefficient (Wildman–Crippen LogP) is 4.12. The first-order valence-electron chi connectivity index (χ1n) is 5.28. The molecule has 0 spiro atoms. The van der Waals surface area contributed by atoms with E-state index in [2.05, 4.69) is 35.3 Å². The largest absolute Gasteiger partial charge is 0.236 e. The molecule has 4 heteroatoms. The number of hydrogen-bond acceptors (Lipinski definition) is 3. The highest BCUT2D eigenvalue weighted by Gasteiger charge is 2.13. The summed E-state index contributed by atoms with van der Waals surface area (Å²) >= 11 is 7.86. The molecule has 0 saturated carbocycles. The Balaban J connectivity index is 2.56. The van der Waals surface area contributed by atoms with Gasteiger partial charge < -0.3 is 0 Å². The Bertz CT molecular complexity index is 494. The molecule has 0 saturated heterocycles. The van der Waals surface area contributed by atoms with Gasteiger partial charge in [-0.25, -0.2) is 9.97 Å². The van der Waals surface area contributed by atoms with E-state index < -0.39 is 0 Å². The van der Waals surface area contributed by atoms with Crippen molar-refractivity contribution < 1.29 is 0 Å². The summed E-state index contributed by atoms with van der Waals surface area (Å²) in [6, 6.07) is 2.10. The molecule has 2 rings (SSSR count). The second-order valence-electron chi connectivity index (χ2n) is 3.63. The molecule has 0 aliphatic heterocycles. The molecule has 0 amide bonds. The summed E-state index contributed by atoms with van der Waals surface area (Å²) in [5, 5.41) is 2.66. The molecule has 0 atom stereocenters. The van der Waals surface area contributed by atoms with Crippen molar-refractivity contribution in [2.45, 2.75) is 26.7 Å². The smallest absolute Gasteiger partial charge is 0.136 e. The minimum Gasteiger partial charge on any atom is -0.236 e. The van der Waals surface area contributed by atoms with Gasteiger partial charge >= 0.3 is 0 Å². The highest BCUT2D eigenvalue weighted by atomic mass is 35.5. The Labute approximate surface area is 104 Å². The number of thiophene rings is 1. The van der Waals surface area contributed by atoms with Gasteiger partial charge in [-0.3, -0.25) is 0 Å². The van der Waals surface area contributed by atoms with Gasteiger partial charge in [0.05, 0.1) is 5.69 Å². The molecule has 0 aliphatic carbocycles. The van der Waals surface area contributed by atoms with Gasteiger partial charge in [0.2, 0.25) is 0 Å². The van der Waals surface area contributed by atoms with Crippen LogP contribution < -0.4 is 0 Å². The Hall–Kier alpha value is -0.930. The molecule has 84 valence electrons. The summed E-state index contributed by atoms with van der Waals surface area (Å²) in [5.74, 6) is 0. The van der Waals surface area contributed by atoms with E-state index in [1.165, 1.54) is 16.8 Å². The van der Waals surface area contributed by atoms with E-state index in [-0.39, 0.29) is 0 Å². The summed E-state index contributed by atoms with van der Waals surface area (Å²) in [6.07, 6.45) is 3.50. The standard InChI is InChI=1S/C12H13ClN2S/c1-3-4-10-11(14-7-15-12(10)13)9-5-6-16-8(9)2/h5-7H,3-4H2,1-2H3. The number of hydrogen-bond donors (Lipinski definition) is 0. The topological polar surface area (TPSA) is 25.8 Å². The fourth-order valence-electron chi connectivity index (χ4n) is 1.73. The Morgan fingerprint density at radius 2 is 2.19 bits per heavy atom. The maximum Gasteiger partial charge on any atom is 0.136 e. The first-order valence-corrected chi connectivity index (χ1v) is 6.53. The van der Waals surface area contributed by atoms with E-state index in [1.54, 1.807) is 11.3 Å². The number of halogens is 1. The zero-order chi connectivity index (χ0) is 11.5. The highest BCUT2D eigenvalue weighted by Crippen LogP contribution is 2.31. The highest BCUT2D eigenvalue weighted by molar-refractivity contribution is 7.10. The van der Waals surface area contributed by atoms with E-state index in [0.717, 1.165) is 24.1 Å². The lowest BCUT2D eigenvalue weighted by Gasteiger charge is -2.08. The van der Waals surface area contributed by atoms with Crippen LogP contribution in [0.15, 0.2) is 17.8 Å². The van der Waals surface area contributed by atoms with Crippen molar-refractivity contribution in [2.24, 2.45) is 0 Å². The van der Waals surface area contributed by atoms with Crippen LogP contribution in [0.1, 0.15) is 23.8 Å². The second kappa shape index (κ2) is 4.93. The molecule has 16 heavy (non-hydrogen) atoms. The SMILES string of the molecule is CCCc1c(Cl)ncnc1-c1ccsc1C. The Morgan fingerprint density at radius 3 is 2.81 bits per heavy atom. The van der Waals surface area contributed by atoms with E-state index in [4.69, 9.17) is 11.6 Å². The van der Waals surface area contributed by atoms with Gasteiger partial charge in [-0.15, -0.1) is 11.3 Å². The Morgan fingerprint density at radius 1 is 1.38 bits per heavy atom. The van der Waals surface area contributed by atoms with Crippen molar-refractivity contribution >= 4 is 22.9 Å². The third kappa shape index (κ3) is 2.11. The van der Waals surface area contributed by atoms with Crippen molar-refractivity contribution in [3.8, 4) is 11.3 Å². The van der Waals surface area contributed by atoms with Crippen LogP contribution in [0.5, 0.6) is 0 Å². The summed E-state index contributed by atoms with van der Waals surface area (Å²) < 4.78 is 0. The van der Waals surface area contributed by atoms with Gasteiger partial charge in [0, 0.05) is 16.0 Å². The van der Waals surface area contributed by atoms with Crippen molar-refractivity contribution in [2.75, 3.05) is 0 Å². The van der Waals surface area contributed by atoms with Gasteiger partial charge in [0.1, 0.15) is 11.5 Å². The lowest BCUT2D eigenvalue weighted by Crippen LogP contribution is -1.96. The summed E-state index contributed by atoms with van der Waals surface area (Å²) in [4.78, 5) is 9.70. The zero-order valence-corrected chi connectivity index (χ0v) is 10.9. The minimum atomic E-state index is 0.581. The number of nitrogens with zero attached hydrogens (tertiary/aromatic N) is 2. The van der Waals surface area contributed by atoms with Crippen molar-refractivity contribution in [3.05, 3.63) is 33.4 Å². The molecule has 0 fully saturated rings. The lowest BCUT2D eigenvalue weighted by atomic mass is 10.1. The van der Waals surface area contributed by atoms with Gasteiger partial charge in [-0.05, 0) is 24.8 Å². The first-order chi connectivity index (χ1) is 7.74. The second-order valence-corrected chi connectivity index (χ2v) is 5.11. The molecular formula is C12H13ClN2S. The van der Waals surface area contributed by atoms with Gasteiger partial charge in [0.25, 0.3) is 0 Å². The van der Waals surface area contributed by atoms with Gasteiger partial charge in [0.15, 0.2) is 0 Å². The number of rotatable bonds is 3. The van der Waals surface area contributed by atoms with Gasteiger partial charge in [-0.1, -0.05) is 24.9 Å². The molecule has 0 bridgehead atoms. The molecule has 0 aliphatic rings. The van der Waals surface area contributed by atoms with Crippen LogP contribution in [0.2, 0.25) is 5.15 Å². The third-order valence-corrected chi connectivity index (χ3v) is 3.68. The van der Waals surface area contributed by atoms with Crippen LogP contribution in [0.25, 0.3) is 11.3 Å².